The lowest BCUT2D eigenvalue weighted by molar-refractivity contribution is -0.140. The number of hydrogen-bond donors (Lipinski definition) is 1. The van der Waals surface area contributed by atoms with E-state index in [2.05, 4.69) is 26.0 Å². The zero-order valence-electron chi connectivity index (χ0n) is 9.94. The molecule has 6 heteroatoms. The molecule has 0 aliphatic rings. The molecular weight excluding hydrogens is 302 g/mol. The number of hydrogen-bond acceptors (Lipinski definition) is 4. The first-order chi connectivity index (χ1) is 8.61. The topological polar surface area (TPSA) is 64.6 Å². The van der Waals surface area contributed by atoms with Crippen LogP contribution in [0.2, 0.25) is 0 Å². The van der Waals surface area contributed by atoms with Gasteiger partial charge in [0.05, 0.1) is 13.5 Å². The van der Waals surface area contributed by atoms with Crippen molar-refractivity contribution in [2.45, 2.75) is 6.42 Å². The van der Waals surface area contributed by atoms with Crippen LogP contribution in [0.25, 0.3) is 0 Å². The maximum Gasteiger partial charge on any atom is 0.307 e. The minimum Gasteiger partial charge on any atom is -0.484 e. The number of nitrogens with one attached hydrogen (secondary N) is 1. The molecule has 0 aliphatic heterocycles. The van der Waals surface area contributed by atoms with Gasteiger partial charge < -0.3 is 14.8 Å². The molecule has 1 aromatic rings. The van der Waals surface area contributed by atoms with E-state index in [0.29, 0.717) is 5.75 Å². The number of carbonyl (C=O) groups is 2. The minimum atomic E-state index is -0.358. The molecule has 0 unspecified atom stereocenters. The van der Waals surface area contributed by atoms with Gasteiger partial charge in [0.15, 0.2) is 6.61 Å². The lowest BCUT2D eigenvalue weighted by Crippen LogP contribution is -2.30. The first-order valence-corrected chi connectivity index (χ1v) is 6.13. The van der Waals surface area contributed by atoms with Gasteiger partial charge in [-0.25, -0.2) is 0 Å². The van der Waals surface area contributed by atoms with Crippen LogP contribution in [0, 0.1) is 0 Å². The standard InChI is InChI=1S/C12H14BrNO4/c1-17-12(16)5-6-14-11(15)8-18-10-4-2-3-9(13)7-10/h2-4,7H,5-6,8H2,1H3,(H,14,15). The first-order valence-electron chi connectivity index (χ1n) is 5.33. The van der Waals surface area contributed by atoms with Crippen LogP contribution in [0.15, 0.2) is 28.7 Å². The van der Waals surface area contributed by atoms with Gasteiger partial charge in [-0.3, -0.25) is 9.59 Å². The normalized spacial score (nSPS) is 9.67. The van der Waals surface area contributed by atoms with E-state index in [1.54, 1.807) is 12.1 Å². The first kappa shape index (κ1) is 14.5. The maximum atomic E-state index is 11.4. The van der Waals surface area contributed by atoms with Crippen LogP contribution in [-0.4, -0.2) is 32.1 Å². The number of amides is 1. The molecule has 1 amide bonds. The van der Waals surface area contributed by atoms with E-state index in [4.69, 9.17) is 4.74 Å². The van der Waals surface area contributed by atoms with Gasteiger partial charge in [0, 0.05) is 11.0 Å². The zero-order valence-corrected chi connectivity index (χ0v) is 11.5. The average molecular weight is 316 g/mol. The third-order valence-corrected chi connectivity index (χ3v) is 2.54. The van der Waals surface area contributed by atoms with Crippen molar-refractivity contribution >= 4 is 27.8 Å². The van der Waals surface area contributed by atoms with E-state index < -0.39 is 0 Å². The molecule has 0 heterocycles. The molecule has 5 nitrogen and oxygen atoms in total. The largest absolute Gasteiger partial charge is 0.484 e. The SMILES string of the molecule is COC(=O)CCNC(=O)COc1cccc(Br)c1. The Morgan fingerprint density at radius 3 is 2.83 bits per heavy atom. The summed E-state index contributed by atoms with van der Waals surface area (Å²) in [6, 6.07) is 7.20. The zero-order chi connectivity index (χ0) is 13.4. The summed E-state index contributed by atoms with van der Waals surface area (Å²) in [5.74, 6) is -0.0328. The summed E-state index contributed by atoms with van der Waals surface area (Å²) in [5, 5.41) is 2.56. The predicted molar refractivity (Wildman–Crippen MR) is 69.3 cm³/mol. The fourth-order valence-corrected chi connectivity index (χ4v) is 1.54. The highest BCUT2D eigenvalue weighted by Crippen LogP contribution is 2.17. The third kappa shape index (κ3) is 5.67. The second-order valence-corrected chi connectivity index (χ2v) is 4.34. The van der Waals surface area contributed by atoms with E-state index in [-0.39, 0.29) is 31.4 Å². The van der Waals surface area contributed by atoms with Crippen molar-refractivity contribution in [1.82, 2.24) is 5.32 Å². The Hall–Kier alpha value is -1.56. The van der Waals surface area contributed by atoms with Gasteiger partial charge >= 0.3 is 5.97 Å². The van der Waals surface area contributed by atoms with Crippen molar-refractivity contribution in [3.05, 3.63) is 28.7 Å². The van der Waals surface area contributed by atoms with Crippen LogP contribution in [0.4, 0.5) is 0 Å². The van der Waals surface area contributed by atoms with Crippen LogP contribution < -0.4 is 10.1 Å². The van der Waals surface area contributed by atoms with E-state index >= 15 is 0 Å². The van der Waals surface area contributed by atoms with Crippen molar-refractivity contribution < 1.29 is 19.1 Å². The molecule has 1 rings (SSSR count). The van der Waals surface area contributed by atoms with Gasteiger partial charge in [-0.15, -0.1) is 0 Å². The Morgan fingerprint density at radius 2 is 2.17 bits per heavy atom. The smallest absolute Gasteiger partial charge is 0.307 e. The lowest BCUT2D eigenvalue weighted by Gasteiger charge is -2.07. The Balaban J connectivity index is 2.23. The Bertz CT molecular complexity index is 422. The van der Waals surface area contributed by atoms with Crippen LogP contribution in [0.1, 0.15) is 6.42 Å². The van der Waals surface area contributed by atoms with Crippen molar-refractivity contribution in [3.63, 3.8) is 0 Å². The van der Waals surface area contributed by atoms with Crippen LogP contribution in [0.5, 0.6) is 5.75 Å². The number of benzene rings is 1. The molecule has 0 fully saturated rings. The van der Waals surface area contributed by atoms with Crippen molar-refractivity contribution in [3.8, 4) is 5.75 Å². The monoisotopic (exact) mass is 315 g/mol. The van der Waals surface area contributed by atoms with Gasteiger partial charge in [0.25, 0.3) is 5.91 Å². The summed E-state index contributed by atoms with van der Waals surface area (Å²) in [4.78, 5) is 22.2. The van der Waals surface area contributed by atoms with Crippen molar-refractivity contribution in [2.24, 2.45) is 0 Å². The average Bonchev–Trinajstić information content (AvgIpc) is 2.36. The number of rotatable bonds is 6. The summed E-state index contributed by atoms with van der Waals surface area (Å²) in [6.07, 6.45) is 0.152. The minimum absolute atomic E-state index is 0.0857. The van der Waals surface area contributed by atoms with Gasteiger partial charge in [-0.05, 0) is 18.2 Å². The van der Waals surface area contributed by atoms with Gasteiger partial charge in [-0.1, -0.05) is 22.0 Å². The summed E-state index contributed by atoms with van der Waals surface area (Å²) in [6.45, 7) is 0.158. The molecule has 98 valence electrons. The molecular formula is C12H14BrNO4. The highest BCUT2D eigenvalue weighted by molar-refractivity contribution is 9.10. The van der Waals surface area contributed by atoms with E-state index in [1.165, 1.54) is 7.11 Å². The van der Waals surface area contributed by atoms with Gasteiger partial charge in [-0.2, -0.15) is 0 Å². The molecule has 0 radical (unpaired) electrons. The quantitative estimate of drug-likeness (QED) is 0.808. The number of halogens is 1. The summed E-state index contributed by atoms with van der Waals surface area (Å²) < 4.78 is 10.6. The Morgan fingerprint density at radius 1 is 1.39 bits per heavy atom. The molecule has 0 saturated heterocycles. The molecule has 0 saturated carbocycles. The molecule has 18 heavy (non-hydrogen) atoms. The summed E-state index contributed by atoms with van der Waals surface area (Å²) in [5.41, 5.74) is 0. The van der Waals surface area contributed by atoms with E-state index in [0.717, 1.165) is 4.47 Å². The number of carbonyl (C=O) groups excluding carboxylic acids is 2. The third-order valence-electron chi connectivity index (χ3n) is 2.04. The molecule has 0 spiro atoms. The molecule has 0 aliphatic carbocycles. The van der Waals surface area contributed by atoms with Gasteiger partial charge in [0.2, 0.25) is 0 Å². The summed E-state index contributed by atoms with van der Waals surface area (Å²) >= 11 is 3.30. The molecule has 0 aromatic heterocycles. The van der Waals surface area contributed by atoms with Crippen LogP contribution in [-0.2, 0) is 14.3 Å². The highest BCUT2D eigenvalue weighted by Gasteiger charge is 2.04. The Labute approximate surface area is 114 Å². The molecule has 0 atom stereocenters. The molecule has 1 N–H and O–H groups in total. The number of methoxy groups -OCH3 is 1. The second-order valence-electron chi connectivity index (χ2n) is 3.42. The number of esters is 1. The predicted octanol–water partition coefficient (Wildman–Crippen LogP) is 1.51. The maximum absolute atomic E-state index is 11.4. The second kappa shape index (κ2) is 7.71. The summed E-state index contributed by atoms with van der Waals surface area (Å²) in [7, 11) is 1.31. The number of ether oxygens (including phenoxy) is 2. The van der Waals surface area contributed by atoms with Crippen molar-refractivity contribution in [2.75, 3.05) is 20.3 Å². The molecule has 0 bridgehead atoms. The Kier molecular flexibility index (Phi) is 6.21. The van der Waals surface area contributed by atoms with Crippen LogP contribution in [0.3, 0.4) is 0 Å². The van der Waals surface area contributed by atoms with E-state index in [9.17, 15) is 9.59 Å². The highest BCUT2D eigenvalue weighted by atomic mass is 79.9. The van der Waals surface area contributed by atoms with Crippen molar-refractivity contribution in [1.29, 1.82) is 0 Å². The van der Waals surface area contributed by atoms with Gasteiger partial charge in [0.1, 0.15) is 5.75 Å². The molecule has 1 aromatic carbocycles. The van der Waals surface area contributed by atoms with E-state index in [1.807, 2.05) is 12.1 Å². The van der Waals surface area contributed by atoms with Crippen LogP contribution >= 0.6 is 15.9 Å². The fourth-order valence-electron chi connectivity index (χ4n) is 1.16. The lowest BCUT2D eigenvalue weighted by atomic mass is 10.3. The fraction of sp³-hybridized carbons (Fsp3) is 0.333.